The van der Waals surface area contributed by atoms with Gasteiger partial charge < -0.3 is 15.4 Å². The van der Waals surface area contributed by atoms with Crippen molar-refractivity contribution in [3.63, 3.8) is 0 Å². The van der Waals surface area contributed by atoms with E-state index in [-0.39, 0.29) is 17.9 Å². The molecule has 0 saturated carbocycles. The first-order chi connectivity index (χ1) is 8.99. The van der Waals surface area contributed by atoms with Crippen LogP contribution in [-0.2, 0) is 11.2 Å². The lowest BCUT2D eigenvalue weighted by Gasteiger charge is -2.31. The maximum Gasteiger partial charge on any atom is 0.229 e. The topological polar surface area (TPSA) is 55.6 Å². The van der Waals surface area contributed by atoms with Crippen LogP contribution < -0.4 is 15.4 Å². The van der Waals surface area contributed by atoms with Crippen LogP contribution >= 0.6 is 0 Å². The van der Waals surface area contributed by atoms with Crippen molar-refractivity contribution >= 4 is 11.6 Å². The summed E-state index contributed by atoms with van der Waals surface area (Å²) >= 11 is 0. The molecule has 1 aliphatic rings. The van der Waals surface area contributed by atoms with Crippen LogP contribution in [0.3, 0.4) is 0 Å². The highest BCUT2D eigenvalue weighted by Crippen LogP contribution is 2.33. The van der Waals surface area contributed by atoms with Crippen molar-refractivity contribution in [2.75, 3.05) is 18.1 Å². The normalized spacial score (nSPS) is 15.9. The Labute approximate surface area is 114 Å². The molecule has 0 saturated heterocycles. The molecule has 1 amide bonds. The minimum absolute atomic E-state index is 0.0111. The molecule has 1 atom stereocenters. The Balaban J connectivity index is 2.32. The van der Waals surface area contributed by atoms with Crippen LogP contribution in [0.2, 0.25) is 0 Å². The largest absolute Gasteiger partial charge is 0.490 e. The van der Waals surface area contributed by atoms with E-state index in [1.165, 1.54) is 0 Å². The minimum Gasteiger partial charge on any atom is -0.490 e. The van der Waals surface area contributed by atoms with Gasteiger partial charge in [0.25, 0.3) is 0 Å². The number of ether oxygens (including phenoxy) is 1. The number of nitrogens with two attached hydrogens (primary N) is 1. The molecular formula is C15H22N2O2. The van der Waals surface area contributed by atoms with Gasteiger partial charge in [-0.25, -0.2) is 0 Å². The molecule has 1 aromatic carbocycles. The second-order valence-corrected chi connectivity index (χ2v) is 5.48. The molecule has 1 aliphatic heterocycles. The number of amides is 1. The van der Waals surface area contributed by atoms with Crippen LogP contribution in [0.25, 0.3) is 0 Å². The van der Waals surface area contributed by atoms with Gasteiger partial charge in [0, 0.05) is 12.0 Å². The van der Waals surface area contributed by atoms with E-state index >= 15 is 0 Å². The molecular weight excluding hydrogens is 240 g/mol. The highest BCUT2D eigenvalue weighted by Gasteiger charge is 2.25. The molecule has 0 bridgehead atoms. The Bertz CT molecular complexity index is 469. The lowest BCUT2D eigenvalue weighted by atomic mass is 10.0. The fourth-order valence-electron chi connectivity index (χ4n) is 2.30. The van der Waals surface area contributed by atoms with Crippen molar-refractivity contribution in [1.29, 1.82) is 0 Å². The Morgan fingerprint density at radius 1 is 1.42 bits per heavy atom. The summed E-state index contributed by atoms with van der Waals surface area (Å²) in [6.45, 7) is 6.99. The molecule has 1 unspecified atom stereocenters. The summed E-state index contributed by atoms with van der Waals surface area (Å²) in [5.74, 6) is 0.916. The Kier molecular flexibility index (Phi) is 4.10. The summed E-state index contributed by atoms with van der Waals surface area (Å²) in [4.78, 5) is 14.1. The number of carbonyl (C=O) groups is 1. The Morgan fingerprint density at radius 2 is 2.16 bits per heavy atom. The van der Waals surface area contributed by atoms with Gasteiger partial charge >= 0.3 is 0 Å². The van der Waals surface area contributed by atoms with Crippen LogP contribution in [0.15, 0.2) is 18.2 Å². The smallest absolute Gasteiger partial charge is 0.229 e. The van der Waals surface area contributed by atoms with E-state index in [1.807, 2.05) is 43.9 Å². The quantitative estimate of drug-likeness (QED) is 0.906. The predicted octanol–water partition coefficient (Wildman–Crippen LogP) is 1.96. The second-order valence-electron chi connectivity index (χ2n) is 5.48. The van der Waals surface area contributed by atoms with E-state index in [0.717, 1.165) is 23.4 Å². The maximum absolute atomic E-state index is 12.2. The fourth-order valence-corrected chi connectivity index (χ4v) is 2.30. The standard InChI is InChI=1S/C15H22N2O2/c1-10(2)15(18)17-6-7-19-14-5-4-12(8-11(3)16)9-13(14)17/h4-5,9-11H,6-8,16H2,1-3H3. The predicted molar refractivity (Wildman–Crippen MR) is 76.5 cm³/mol. The first kappa shape index (κ1) is 13.9. The summed E-state index contributed by atoms with van der Waals surface area (Å²) in [5.41, 5.74) is 7.85. The SMILES string of the molecule is CC(N)Cc1ccc2c(c1)N(C(=O)C(C)C)CCO2. The molecule has 2 N–H and O–H groups in total. The van der Waals surface area contributed by atoms with Gasteiger partial charge in [0.2, 0.25) is 5.91 Å². The number of rotatable bonds is 3. The molecule has 4 heteroatoms. The van der Waals surface area contributed by atoms with E-state index in [2.05, 4.69) is 0 Å². The molecule has 0 aromatic heterocycles. The van der Waals surface area contributed by atoms with Crippen LogP contribution in [0, 0.1) is 5.92 Å². The number of benzene rings is 1. The molecule has 104 valence electrons. The maximum atomic E-state index is 12.2. The van der Waals surface area contributed by atoms with Crippen LogP contribution in [0.5, 0.6) is 5.75 Å². The molecule has 0 aliphatic carbocycles. The first-order valence-corrected chi connectivity index (χ1v) is 6.81. The summed E-state index contributed by atoms with van der Waals surface area (Å²) in [6.07, 6.45) is 0.803. The fraction of sp³-hybridized carbons (Fsp3) is 0.533. The Morgan fingerprint density at radius 3 is 2.79 bits per heavy atom. The van der Waals surface area contributed by atoms with Crippen molar-refractivity contribution in [3.05, 3.63) is 23.8 Å². The number of fused-ring (bicyclic) bond motifs is 1. The molecule has 0 radical (unpaired) electrons. The third kappa shape index (κ3) is 3.07. The van der Waals surface area contributed by atoms with E-state index in [9.17, 15) is 4.79 Å². The van der Waals surface area contributed by atoms with Crippen molar-refractivity contribution < 1.29 is 9.53 Å². The number of hydrogen-bond acceptors (Lipinski definition) is 3. The Hall–Kier alpha value is -1.55. The van der Waals surface area contributed by atoms with Gasteiger partial charge in [0.15, 0.2) is 0 Å². The first-order valence-electron chi connectivity index (χ1n) is 6.81. The van der Waals surface area contributed by atoms with Gasteiger partial charge in [-0.2, -0.15) is 0 Å². The summed E-state index contributed by atoms with van der Waals surface area (Å²) in [7, 11) is 0. The molecule has 1 heterocycles. The van der Waals surface area contributed by atoms with Gasteiger partial charge in [0.05, 0.1) is 12.2 Å². The molecule has 4 nitrogen and oxygen atoms in total. The highest BCUT2D eigenvalue weighted by atomic mass is 16.5. The van der Waals surface area contributed by atoms with E-state index in [4.69, 9.17) is 10.5 Å². The monoisotopic (exact) mass is 262 g/mol. The zero-order chi connectivity index (χ0) is 14.0. The summed E-state index contributed by atoms with van der Waals surface area (Å²) < 4.78 is 5.62. The highest BCUT2D eigenvalue weighted by molar-refractivity contribution is 5.96. The molecule has 0 spiro atoms. The van der Waals surface area contributed by atoms with Crippen molar-refractivity contribution in [1.82, 2.24) is 0 Å². The van der Waals surface area contributed by atoms with Crippen molar-refractivity contribution in [3.8, 4) is 5.75 Å². The van der Waals surface area contributed by atoms with Crippen LogP contribution in [-0.4, -0.2) is 25.1 Å². The van der Waals surface area contributed by atoms with E-state index < -0.39 is 0 Å². The van der Waals surface area contributed by atoms with Gasteiger partial charge in [-0.15, -0.1) is 0 Å². The zero-order valence-corrected chi connectivity index (χ0v) is 11.8. The average Bonchev–Trinajstić information content (AvgIpc) is 2.36. The summed E-state index contributed by atoms with van der Waals surface area (Å²) in [6, 6.07) is 6.09. The van der Waals surface area contributed by atoms with E-state index in [0.29, 0.717) is 13.2 Å². The van der Waals surface area contributed by atoms with Crippen molar-refractivity contribution in [2.45, 2.75) is 33.2 Å². The van der Waals surface area contributed by atoms with Crippen molar-refractivity contribution in [2.24, 2.45) is 11.7 Å². The van der Waals surface area contributed by atoms with E-state index in [1.54, 1.807) is 0 Å². The minimum atomic E-state index is -0.0111. The number of carbonyl (C=O) groups excluding carboxylic acids is 1. The number of hydrogen-bond donors (Lipinski definition) is 1. The molecule has 19 heavy (non-hydrogen) atoms. The zero-order valence-electron chi connectivity index (χ0n) is 11.8. The van der Waals surface area contributed by atoms with Gasteiger partial charge in [-0.3, -0.25) is 4.79 Å². The average molecular weight is 262 g/mol. The lowest BCUT2D eigenvalue weighted by Crippen LogP contribution is -2.40. The van der Waals surface area contributed by atoms with Crippen LogP contribution in [0.4, 0.5) is 5.69 Å². The molecule has 1 aromatic rings. The van der Waals surface area contributed by atoms with Crippen LogP contribution in [0.1, 0.15) is 26.3 Å². The van der Waals surface area contributed by atoms with Gasteiger partial charge in [0.1, 0.15) is 12.4 Å². The van der Waals surface area contributed by atoms with Gasteiger partial charge in [-0.05, 0) is 31.0 Å². The molecule has 0 fully saturated rings. The second kappa shape index (κ2) is 5.61. The third-order valence-electron chi connectivity index (χ3n) is 3.20. The lowest BCUT2D eigenvalue weighted by molar-refractivity contribution is -0.121. The molecule has 2 rings (SSSR count). The number of nitrogens with zero attached hydrogens (tertiary/aromatic N) is 1. The number of anilines is 1. The van der Waals surface area contributed by atoms with Gasteiger partial charge in [-0.1, -0.05) is 19.9 Å². The third-order valence-corrected chi connectivity index (χ3v) is 3.20. The summed E-state index contributed by atoms with van der Waals surface area (Å²) in [5, 5.41) is 0.